The maximum absolute atomic E-state index is 9.10. The van der Waals surface area contributed by atoms with Crippen molar-refractivity contribution in [3.05, 3.63) is 28.2 Å². The Morgan fingerprint density at radius 3 is 2.21 bits per heavy atom. The van der Waals surface area contributed by atoms with Gasteiger partial charge in [-0.05, 0) is 46.5 Å². The van der Waals surface area contributed by atoms with Crippen LogP contribution in [0.25, 0.3) is 0 Å². The lowest BCUT2D eigenvalue weighted by molar-refractivity contribution is -0.159. The Kier molecular flexibility index (Phi) is 9.41. The fourth-order valence-corrected chi connectivity index (χ4v) is 3.15. The minimum atomic E-state index is -1.82. The summed E-state index contributed by atoms with van der Waals surface area (Å²) in [6, 6.07) is 7.00. The van der Waals surface area contributed by atoms with E-state index >= 15 is 0 Å². The third-order valence-electron chi connectivity index (χ3n) is 3.85. The molecular formula is C17H24BrNO5. The van der Waals surface area contributed by atoms with E-state index in [0.29, 0.717) is 6.04 Å². The largest absolute Gasteiger partial charge is 0.496 e. The van der Waals surface area contributed by atoms with Crippen LogP contribution in [0.15, 0.2) is 22.7 Å². The molecule has 7 heteroatoms. The SMILES string of the molecule is COc1ccc(CNC2CCCCCC2)cc1Br.O=C(O)C(=O)O. The highest BCUT2D eigenvalue weighted by molar-refractivity contribution is 9.10. The molecule has 0 saturated heterocycles. The molecule has 134 valence electrons. The molecule has 6 nitrogen and oxygen atoms in total. The molecule has 0 atom stereocenters. The second-order valence-corrected chi connectivity index (χ2v) is 6.50. The highest BCUT2D eigenvalue weighted by atomic mass is 79.9. The number of methoxy groups -OCH3 is 1. The second kappa shape index (κ2) is 11.0. The molecular weight excluding hydrogens is 378 g/mol. The molecule has 0 aromatic heterocycles. The fourth-order valence-electron chi connectivity index (χ4n) is 2.57. The Hall–Kier alpha value is -1.60. The van der Waals surface area contributed by atoms with Crippen molar-refractivity contribution < 1.29 is 24.5 Å². The zero-order chi connectivity index (χ0) is 17.9. The molecule has 2 rings (SSSR count). The molecule has 0 bridgehead atoms. The van der Waals surface area contributed by atoms with Gasteiger partial charge in [0.25, 0.3) is 0 Å². The van der Waals surface area contributed by atoms with Crippen molar-refractivity contribution >= 4 is 27.9 Å². The molecule has 1 fully saturated rings. The highest BCUT2D eigenvalue weighted by Gasteiger charge is 2.11. The van der Waals surface area contributed by atoms with Gasteiger partial charge in [-0.15, -0.1) is 0 Å². The van der Waals surface area contributed by atoms with E-state index in [0.717, 1.165) is 16.8 Å². The topological polar surface area (TPSA) is 95.9 Å². The van der Waals surface area contributed by atoms with Crippen molar-refractivity contribution in [1.29, 1.82) is 0 Å². The van der Waals surface area contributed by atoms with Crippen molar-refractivity contribution in [1.82, 2.24) is 5.32 Å². The number of benzene rings is 1. The number of carboxylic acids is 2. The average molecular weight is 402 g/mol. The Morgan fingerprint density at radius 2 is 1.75 bits per heavy atom. The van der Waals surface area contributed by atoms with Gasteiger partial charge in [-0.1, -0.05) is 31.7 Å². The maximum atomic E-state index is 9.10. The lowest BCUT2D eigenvalue weighted by Crippen LogP contribution is -2.27. The first kappa shape index (κ1) is 20.4. The summed E-state index contributed by atoms with van der Waals surface area (Å²) >= 11 is 3.53. The predicted octanol–water partition coefficient (Wildman–Crippen LogP) is 3.43. The maximum Gasteiger partial charge on any atom is 0.414 e. The number of hydrogen-bond donors (Lipinski definition) is 3. The van der Waals surface area contributed by atoms with Crippen LogP contribution in [0.5, 0.6) is 5.75 Å². The number of hydrogen-bond acceptors (Lipinski definition) is 4. The van der Waals surface area contributed by atoms with Crippen molar-refractivity contribution in [2.24, 2.45) is 0 Å². The molecule has 0 unspecified atom stereocenters. The van der Waals surface area contributed by atoms with Gasteiger partial charge in [-0.2, -0.15) is 0 Å². The molecule has 1 aromatic rings. The Bertz CT molecular complexity index is 530. The van der Waals surface area contributed by atoms with E-state index in [1.165, 1.54) is 44.1 Å². The molecule has 1 aliphatic carbocycles. The molecule has 1 aromatic carbocycles. The van der Waals surface area contributed by atoms with Crippen molar-refractivity contribution in [3.8, 4) is 5.75 Å². The number of ether oxygens (including phenoxy) is 1. The van der Waals surface area contributed by atoms with Gasteiger partial charge in [0.2, 0.25) is 0 Å². The van der Waals surface area contributed by atoms with Crippen molar-refractivity contribution in [2.45, 2.75) is 51.1 Å². The predicted molar refractivity (Wildman–Crippen MR) is 94.3 cm³/mol. The first-order valence-electron chi connectivity index (χ1n) is 7.96. The first-order chi connectivity index (χ1) is 11.4. The second-order valence-electron chi connectivity index (χ2n) is 5.65. The number of rotatable bonds is 4. The minimum absolute atomic E-state index is 0.702. The van der Waals surface area contributed by atoms with E-state index in [-0.39, 0.29) is 0 Å². The Morgan fingerprint density at radius 1 is 1.17 bits per heavy atom. The van der Waals surface area contributed by atoms with E-state index in [9.17, 15) is 0 Å². The number of carboxylic acid groups (broad SMARTS) is 2. The summed E-state index contributed by atoms with van der Waals surface area (Å²) in [7, 11) is 1.70. The summed E-state index contributed by atoms with van der Waals surface area (Å²) in [6.07, 6.45) is 8.24. The van der Waals surface area contributed by atoms with E-state index < -0.39 is 11.9 Å². The van der Waals surface area contributed by atoms with Gasteiger partial charge in [0.1, 0.15) is 5.75 Å². The van der Waals surface area contributed by atoms with Crippen LogP contribution >= 0.6 is 15.9 Å². The number of aliphatic carboxylic acids is 2. The highest BCUT2D eigenvalue weighted by Crippen LogP contribution is 2.25. The smallest absolute Gasteiger partial charge is 0.414 e. The summed E-state index contributed by atoms with van der Waals surface area (Å²) in [5.74, 6) is -2.75. The quantitative estimate of drug-likeness (QED) is 0.528. The third kappa shape index (κ3) is 7.79. The average Bonchev–Trinajstić information content (AvgIpc) is 2.82. The lowest BCUT2D eigenvalue weighted by atomic mass is 10.1. The van der Waals surface area contributed by atoms with Gasteiger partial charge in [0, 0.05) is 12.6 Å². The van der Waals surface area contributed by atoms with Crippen LogP contribution < -0.4 is 10.1 Å². The van der Waals surface area contributed by atoms with Gasteiger partial charge in [-0.25, -0.2) is 9.59 Å². The van der Waals surface area contributed by atoms with E-state index in [1.54, 1.807) is 7.11 Å². The Labute approximate surface area is 150 Å². The van der Waals surface area contributed by atoms with Crippen molar-refractivity contribution in [2.75, 3.05) is 7.11 Å². The van der Waals surface area contributed by atoms with E-state index in [4.69, 9.17) is 24.5 Å². The summed E-state index contributed by atoms with van der Waals surface area (Å²) in [4.78, 5) is 18.2. The molecule has 0 spiro atoms. The zero-order valence-electron chi connectivity index (χ0n) is 13.8. The summed E-state index contributed by atoms with van der Waals surface area (Å²) in [5.41, 5.74) is 1.31. The molecule has 24 heavy (non-hydrogen) atoms. The van der Waals surface area contributed by atoms with Crippen molar-refractivity contribution in [3.63, 3.8) is 0 Å². The van der Waals surface area contributed by atoms with Gasteiger partial charge >= 0.3 is 11.9 Å². The first-order valence-corrected chi connectivity index (χ1v) is 8.75. The standard InChI is InChI=1S/C15H22BrNO.C2H2O4/c1-18-15-9-8-12(10-14(15)16)11-17-13-6-4-2-3-5-7-13;3-1(4)2(5)6/h8-10,13,17H,2-7,11H2,1H3;(H,3,4)(H,5,6). The monoisotopic (exact) mass is 401 g/mol. The molecule has 1 aliphatic rings. The fraction of sp³-hybridized carbons (Fsp3) is 0.529. The van der Waals surface area contributed by atoms with Crippen LogP contribution in [0.1, 0.15) is 44.1 Å². The molecule has 1 saturated carbocycles. The lowest BCUT2D eigenvalue weighted by Gasteiger charge is -2.16. The molecule has 0 radical (unpaired) electrons. The van der Waals surface area contributed by atoms with Crippen LogP contribution in [0, 0.1) is 0 Å². The molecule has 0 heterocycles. The zero-order valence-corrected chi connectivity index (χ0v) is 15.3. The van der Waals surface area contributed by atoms with E-state index in [1.807, 2.05) is 6.07 Å². The third-order valence-corrected chi connectivity index (χ3v) is 4.47. The number of halogens is 1. The van der Waals surface area contributed by atoms with Gasteiger partial charge in [0.05, 0.1) is 11.6 Å². The van der Waals surface area contributed by atoms with Crippen LogP contribution in [-0.2, 0) is 16.1 Å². The van der Waals surface area contributed by atoms with Crippen LogP contribution in [0.4, 0.5) is 0 Å². The Balaban J connectivity index is 0.000000413. The van der Waals surface area contributed by atoms with Gasteiger partial charge in [-0.3, -0.25) is 0 Å². The molecule has 0 amide bonds. The van der Waals surface area contributed by atoms with E-state index in [2.05, 4.69) is 33.4 Å². The summed E-state index contributed by atoms with van der Waals surface area (Å²) in [6.45, 7) is 0.952. The van der Waals surface area contributed by atoms with Crippen LogP contribution in [0.2, 0.25) is 0 Å². The molecule has 0 aliphatic heterocycles. The van der Waals surface area contributed by atoms with Gasteiger partial charge in [0.15, 0.2) is 0 Å². The normalized spacial score (nSPS) is 14.9. The molecule has 3 N–H and O–H groups in total. The minimum Gasteiger partial charge on any atom is -0.496 e. The van der Waals surface area contributed by atoms with Crippen LogP contribution in [0.3, 0.4) is 0 Å². The number of carbonyl (C=O) groups is 2. The summed E-state index contributed by atoms with van der Waals surface area (Å²) < 4.78 is 6.28. The summed E-state index contributed by atoms with van der Waals surface area (Å²) in [5, 5.41) is 18.5. The van der Waals surface area contributed by atoms with Gasteiger partial charge < -0.3 is 20.3 Å². The number of nitrogens with one attached hydrogen (secondary N) is 1. The van der Waals surface area contributed by atoms with Crippen LogP contribution in [-0.4, -0.2) is 35.3 Å².